The molecule has 2 atom stereocenters. The minimum atomic E-state index is -2.23. The smallest absolute Gasteiger partial charge is 0.148 e. The Morgan fingerprint density at radius 1 is 0.647 bits per heavy atom. The van der Waals surface area contributed by atoms with Crippen molar-refractivity contribution >= 4 is 23.6 Å². The molecule has 0 saturated heterocycles. The van der Waals surface area contributed by atoms with Crippen molar-refractivity contribution in [1.82, 2.24) is 0 Å². The van der Waals surface area contributed by atoms with E-state index in [9.17, 15) is 0 Å². The number of benzene rings is 3. The zero-order valence-corrected chi connectivity index (χ0v) is 22.3. The van der Waals surface area contributed by atoms with Gasteiger partial charge in [-0.05, 0) is 34.4 Å². The summed E-state index contributed by atoms with van der Waals surface area (Å²) in [5.41, 5.74) is 0. The van der Waals surface area contributed by atoms with Crippen LogP contribution in [-0.2, 0) is 9.47 Å². The highest BCUT2D eigenvalue weighted by molar-refractivity contribution is 7.11. The van der Waals surface area contributed by atoms with Crippen LogP contribution >= 0.6 is 0 Å². The average Bonchev–Trinajstić information content (AvgIpc) is 2.90. The standard InChI is InChI=1S/C31H42O2Si/c1-4-5-6-16-23-31(33-3)27(26-32-2)24-25-34(28-17-10-7-11-18-28,29-19-12-8-13-20-29)30-21-14-9-15-22-30/h7-15,17-22,27,31H,4-6,16,23-26H2,1-3H3. The summed E-state index contributed by atoms with van der Waals surface area (Å²) in [6.45, 7) is 3.01. The molecule has 34 heavy (non-hydrogen) atoms. The van der Waals surface area contributed by atoms with Crippen molar-refractivity contribution < 1.29 is 9.47 Å². The largest absolute Gasteiger partial charge is 0.384 e. The minimum Gasteiger partial charge on any atom is -0.384 e. The van der Waals surface area contributed by atoms with E-state index in [1.54, 1.807) is 0 Å². The number of hydrogen-bond donors (Lipinski definition) is 0. The van der Waals surface area contributed by atoms with Gasteiger partial charge in [-0.15, -0.1) is 0 Å². The Morgan fingerprint density at radius 3 is 1.56 bits per heavy atom. The number of ether oxygens (including phenoxy) is 2. The van der Waals surface area contributed by atoms with Crippen LogP contribution in [0.15, 0.2) is 91.0 Å². The molecule has 2 nitrogen and oxygen atoms in total. The molecule has 3 aromatic rings. The lowest BCUT2D eigenvalue weighted by atomic mass is 9.95. The first-order chi connectivity index (χ1) is 16.8. The van der Waals surface area contributed by atoms with Crippen LogP contribution in [-0.4, -0.2) is 35.0 Å². The minimum absolute atomic E-state index is 0.242. The van der Waals surface area contributed by atoms with Crippen LogP contribution in [0.5, 0.6) is 0 Å². The third-order valence-corrected chi connectivity index (χ3v) is 12.2. The van der Waals surface area contributed by atoms with Crippen LogP contribution in [0.2, 0.25) is 6.04 Å². The third kappa shape index (κ3) is 6.68. The van der Waals surface area contributed by atoms with Gasteiger partial charge in [0.15, 0.2) is 0 Å². The fourth-order valence-corrected chi connectivity index (χ4v) is 10.4. The highest BCUT2D eigenvalue weighted by atomic mass is 28.3. The summed E-state index contributed by atoms with van der Waals surface area (Å²) >= 11 is 0. The number of unbranched alkanes of at least 4 members (excludes halogenated alkanes) is 3. The van der Waals surface area contributed by atoms with Crippen LogP contribution in [0, 0.1) is 5.92 Å². The van der Waals surface area contributed by atoms with Crippen molar-refractivity contribution in [2.75, 3.05) is 20.8 Å². The fourth-order valence-electron chi connectivity index (χ4n) is 5.41. The van der Waals surface area contributed by atoms with Crippen LogP contribution in [0.25, 0.3) is 0 Å². The summed E-state index contributed by atoms with van der Waals surface area (Å²) in [6.07, 6.45) is 7.52. The van der Waals surface area contributed by atoms with Crippen molar-refractivity contribution in [3.8, 4) is 0 Å². The Kier molecular flexibility index (Phi) is 11.1. The van der Waals surface area contributed by atoms with Gasteiger partial charge in [0.05, 0.1) is 12.7 Å². The molecule has 3 heteroatoms. The quantitative estimate of drug-likeness (QED) is 0.158. The molecular formula is C31H42O2Si. The number of hydrogen-bond acceptors (Lipinski definition) is 2. The van der Waals surface area contributed by atoms with Crippen molar-refractivity contribution in [3.05, 3.63) is 91.0 Å². The second-order valence-corrected chi connectivity index (χ2v) is 13.4. The molecule has 0 spiro atoms. The fraction of sp³-hybridized carbons (Fsp3) is 0.419. The van der Waals surface area contributed by atoms with Crippen molar-refractivity contribution in [2.24, 2.45) is 5.92 Å². The first-order valence-electron chi connectivity index (χ1n) is 12.9. The highest BCUT2D eigenvalue weighted by Crippen LogP contribution is 2.25. The van der Waals surface area contributed by atoms with E-state index in [1.165, 1.54) is 41.2 Å². The van der Waals surface area contributed by atoms with Crippen LogP contribution in [0.4, 0.5) is 0 Å². The van der Waals surface area contributed by atoms with Gasteiger partial charge in [0.25, 0.3) is 0 Å². The third-order valence-electron chi connectivity index (χ3n) is 7.24. The normalized spacial score (nSPS) is 13.5. The second kappa shape index (κ2) is 14.3. The Hall–Kier alpha value is -2.20. The van der Waals surface area contributed by atoms with Crippen LogP contribution in [0.1, 0.15) is 45.4 Å². The molecule has 0 radical (unpaired) electrons. The highest BCUT2D eigenvalue weighted by Gasteiger charge is 2.40. The molecule has 0 N–H and O–H groups in total. The summed E-state index contributed by atoms with van der Waals surface area (Å²) in [6, 6.07) is 34.8. The van der Waals surface area contributed by atoms with Gasteiger partial charge in [-0.25, -0.2) is 0 Å². The summed E-state index contributed by atoms with van der Waals surface area (Å²) in [7, 11) is 1.48. The van der Waals surface area contributed by atoms with Gasteiger partial charge in [-0.1, -0.05) is 124 Å². The van der Waals surface area contributed by atoms with E-state index in [0.29, 0.717) is 5.92 Å². The maximum Gasteiger partial charge on any atom is 0.148 e. The van der Waals surface area contributed by atoms with E-state index >= 15 is 0 Å². The Bertz CT molecular complexity index is 817. The Morgan fingerprint density at radius 2 is 1.15 bits per heavy atom. The molecule has 0 bridgehead atoms. The van der Waals surface area contributed by atoms with E-state index in [-0.39, 0.29) is 6.10 Å². The number of rotatable bonds is 15. The van der Waals surface area contributed by atoms with Crippen molar-refractivity contribution in [2.45, 2.75) is 57.6 Å². The summed E-state index contributed by atoms with van der Waals surface area (Å²) in [5.74, 6) is 0.389. The van der Waals surface area contributed by atoms with Gasteiger partial charge in [0, 0.05) is 20.1 Å². The maximum absolute atomic E-state index is 6.06. The monoisotopic (exact) mass is 474 g/mol. The molecular weight excluding hydrogens is 432 g/mol. The molecule has 2 unspecified atom stereocenters. The molecule has 3 rings (SSSR count). The predicted octanol–water partition coefficient (Wildman–Crippen LogP) is 5.79. The zero-order chi connectivity index (χ0) is 24.1. The SMILES string of the molecule is CCCCCCC(OC)C(CC[Si](c1ccccc1)(c1ccccc1)c1ccccc1)COC. The van der Waals surface area contributed by atoms with Gasteiger partial charge in [0.2, 0.25) is 0 Å². The van der Waals surface area contributed by atoms with Gasteiger partial charge in [-0.2, -0.15) is 0 Å². The predicted molar refractivity (Wildman–Crippen MR) is 148 cm³/mol. The summed E-state index contributed by atoms with van der Waals surface area (Å²) in [5, 5.41) is 4.42. The molecule has 0 aliphatic carbocycles. The summed E-state index contributed by atoms with van der Waals surface area (Å²) in [4.78, 5) is 0. The first-order valence-corrected chi connectivity index (χ1v) is 15.1. The van der Waals surface area contributed by atoms with Crippen LogP contribution < -0.4 is 15.6 Å². The average molecular weight is 475 g/mol. The first kappa shape index (κ1) is 26.4. The molecule has 0 fully saturated rings. The second-order valence-electron chi connectivity index (χ2n) is 9.38. The molecule has 0 saturated carbocycles. The molecule has 3 aromatic carbocycles. The Balaban J connectivity index is 1.98. The lowest BCUT2D eigenvalue weighted by molar-refractivity contribution is 0.00654. The van der Waals surface area contributed by atoms with E-state index < -0.39 is 8.07 Å². The van der Waals surface area contributed by atoms with Crippen LogP contribution in [0.3, 0.4) is 0 Å². The lowest BCUT2D eigenvalue weighted by Crippen LogP contribution is -2.67. The maximum atomic E-state index is 6.06. The van der Waals surface area contributed by atoms with E-state index in [0.717, 1.165) is 25.5 Å². The van der Waals surface area contributed by atoms with Gasteiger partial charge >= 0.3 is 0 Å². The summed E-state index contributed by atoms with van der Waals surface area (Å²) < 4.78 is 11.8. The molecule has 0 aliphatic heterocycles. The van der Waals surface area contributed by atoms with E-state index in [2.05, 4.69) is 97.9 Å². The topological polar surface area (TPSA) is 18.5 Å². The van der Waals surface area contributed by atoms with Gasteiger partial charge < -0.3 is 9.47 Å². The van der Waals surface area contributed by atoms with E-state index in [4.69, 9.17) is 9.47 Å². The zero-order valence-electron chi connectivity index (χ0n) is 21.3. The molecule has 0 aliphatic rings. The lowest BCUT2D eigenvalue weighted by Gasteiger charge is -2.36. The van der Waals surface area contributed by atoms with Crippen molar-refractivity contribution in [3.63, 3.8) is 0 Å². The molecule has 0 heterocycles. The molecule has 182 valence electrons. The Labute approximate surface area is 208 Å². The number of methoxy groups -OCH3 is 2. The van der Waals surface area contributed by atoms with E-state index in [1.807, 2.05) is 14.2 Å². The van der Waals surface area contributed by atoms with Gasteiger partial charge in [-0.3, -0.25) is 0 Å². The van der Waals surface area contributed by atoms with Crippen molar-refractivity contribution in [1.29, 1.82) is 0 Å². The molecule has 0 amide bonds. The molecule has 0 aromatic heterocycles. The van der Waals surface area contributed by atoms with Gasteiger partial charge in [0.1, 0.15) is 8.07 Å².